The first kappa shape index (κ1) is 24.7. The van der Waals surface area contributed by atoms with Crippen molar-refractivity contribution in [1.82, 2.24) is 15.0 Å². The molecule has 3 aromatic rings. The fraction of sp³-hybridized carbons (Fsp3) is 0.393. The summed E-state index contributed by atoms with van der Waals surface area (Å²) in [6, 6.07) is 15.6. The van der Waals surface area contributed by atoms with Crippen LogP contribution in [0, 0.1) is 17.2 Å². The molecule has 1 aliphatic heterocycles. The Morgan fingerprint density at radius 3 is 2.49 bits per heavy atom. The summed E-state index contributed by atoms with van der Waals surface area (Å²) in [4.78, 5) is 28.2. The van der Waals surface area contributed by atoms with Crippen LogP contribution in [-0.2, 0) is 9.53 Å². The van der Waals surface area contributed by atoms with Gasteiger partial charge >= 0.3 is 0 Å². The van der Waals surface area contributed by atoms with Crippen LogP contribution in [-0.4, -0.2) is 47.2 Å². The Bertz CT molecular complexity index is 1260. The molecule has 2 fully saturated rings. The molecular formula is C28H31N7O2. The maximum atomic E-state index is 12.8. The van der Waals surface area contributed by atoms with Gasteiger partial charge in [0.2, 0.25) is 11.9 Å². The number of carbonyl (C=O) groups is 1. The van der Waals surface area contributed by atoms with Crippen LogP contribution in [0.3, 0.4) is 0 Å². The number of amides is 1. The zero-order valence-electron chi connectivity index (χ0n) is 20.8. The second kappa shape index (κ2) is 11.8. The number of morpholine rings is 1. The molecule has 2 N–H and O–H groups in total. The van der Waals surface area contributed by atoms with Crippen LogP contribution >= 0.6 is 0 Å². The Labute approximate surface area is 216 Å². The third-order valence-electron chi connectivity index (χ3n) is 6.95. The molecule has 0 bridgehead atoms. The van der Waals surface area contributed by atoms with E-state index in [4.69, 9.17) is 4.74 Å². The molecule has 9 heteroatoms. The highest BCUT2D eigenvalue weighted by atomic mass is 16.5. The van der Waals surface area contributed by atoms with E-state index in [1.165, 1.54) is 19.2 Å². The number of hydrogen-bond acceptors (Lipinski definition) is 8. The molecule has 2 aliphatic rings. The standard InChI is InChI=1S/C28H31N7O2/c29-18-22-17-21(7-12-25(22)33-27(36)20-5-3-1-2-4-6-20)26-30-19-31-28(34-26)32-23-8-10-24(11-9-23)35-13-15-37-16-14-35/h7-12,17,19-20H,1-6,13-16H2,(H,33,36)(H,30,31,32,34). The van der Waals surface area contributed by atoms with E-state index in [1.807, 2.05) is 18.2 Å². The van der Waals surface area contributed by atoms with Crippen LogP contribution in [0.25, 0.3) is 11.4 Å². The predicted octanol–water partition coefficient (Wildman–Crippen LogP) is 4.90. The number of ether oxygens (including phenoxy) is 1. The maximum Gasteiger partial charge on any atom is 0.230 e. The summed E-state index contributed by atoms with van der Waals surface area (Å²) < 4.78 is 5.43. The molecule has 9 nitrogen and oxygen atoms in total. The van der Waals surface area contributed by atoms with E-state index >= 15 is 0 Å². The second-order valence-electron chi connectivity index (χ2n) is 9.45. The normalized spacial score (nSPS) is 16.5. The Balaban J connectivity index is 1.27. The van der Waals surface area contributed by atoms with Crippen molar-refractivity contribution in [3.63, 3.8) is 0 Å². The summed E-state index contributed by atoms with van der Waals surface area (Å²) in [6.07, 6.45) is 7.78. The van der Waals surface area contributed by atoms with Gasteiger partial charge in [0.05, 0.1) is 24.5 Å². The highest BCUT2D eigenvalue weighted by Crippen LogP contribution is 2.27. The van der Waals surface area contributed by atoms with Crippen molar-refractivity contribution in [1.29, 1.82) is 5.26 Å². The molecule has 1 amide bonds. The van der Waals surface area contributed by atoms with Gasteiger partial charge in [-0.3, -0.25) is 4.79 Å². The van der Waals surface area contributed by atoms with Gasteiger partial charge in [0, 0.05) is 35.9 Å². The average molecular weight is 498 g/mol. The van der Waals surface area contributed by atoms with E-state index in [9.17, 15) is 10.1 Å². The van der Waals surface area contributed by atoms with Crippen LogP contribution in [0.15, 0.2) is 48.8 Å². The van der Waals surface area contributed by atoms with Crippen LogP contribution < -0.4 is 15.5 Å². The molecule has 1 aliphatic carbocycles. The fourth-order valence-electron chi connectivity index (χ4n) is 4.86. The number of nitrogens with zero attached hydrogens (tertiary/aromatic N) is 5. The molecule has 5 rings (SSSR count). The summed E-state index contributed by atoms with van der Waals surface area (Å²) in [5.41, 5.74) is 3.60. The van der Waals surface area contributed by atoms with Gasteiger partial charge in [-0.1, -0.05) is 25.7 Å². The Morgan fingerprint density at radius 2 is 1.76 bits per heavy atom. The number of hydrogen-bond donors (Lipinski definition) is 2. The Hall–Kier alpha value is -4.03. The summed E-state index contributed by atoms with van der Waals surface area (Å²) in [7, 11) is 0. The predicted molar refractivity (Wildman–Crippen MR) is 143 cm³/mol. The molecule has 190 valence electrons. The van der Waals surface area contributed by atoms with E-state index in [1.54, 1.807) is 12.1 Å². The number of nitriles is 1. The lowest BCUT2D eigenvalue weighted by molar-refractivity contribution is -0.120. The lowest BCUT2D eigenvalue weighted by Crippen LogP contribution is -2.36. The van der Waals surface area contributed by atoms with Gasteiger partial charge in [-0.05, 0) is 55.3 Å². The quantitative estimate of drug-likeness (QED) is 0.462. The molecule has 0 spiro atoms. The zero-order chi connectivity index (χ0) is 25.5. The number of nitrogens with one attached hydrogen (secondary N) is 2. The molecule has 2 heterocycles. The van der Waals surface area contributed by atoms with E-state index in [0.717, 1.165) is 63.4 Å². The van der Waals surface area contributed by atoms with Gasteiger partial charge in [0.1, 0.15) is 12.4 Å². The molecule has 0 unspecified atom stereocenters. The lowest BCUT2D eigenvalue weighted by atomic mass is 9.99. The minimum atomic E-state index is -0.00237. The molecule has 1 saturated heterocycles. The summed E-state index contributed by atoms with van der Waals surface area (Å²) in [6.45, 7) is 3.26. The maximum absolute atomic E-state index is 12.8. The van der Waals surface area contributed by atoms with E-state index < -0.39 is 0 Å². The van der Waals surface area contributed by atoms with Crippen molar-refractivity contribution < 1.29 is 9.53 Å². The van der Waals surface area contributed by atoms with Crippen molar-refractivity contribution >= 4 is 28.9 Å². The number of carbonyl (C=O) groups excluding carboxylic acids is 1. The number of anilines is 4. The summed E-state index contributed by atoms with van der Waals surface area (Å²) in [5.74, 6) is 0.861. The molecule has 2 aromatic carbocycles. The molecule has 37 heavy (non-hydrogen) atoms. The van der Waals surface area contributed by atoms with E-state index in [-0.39, 0.29) is 11.8 Å². The Morgan fingerprint density at radius 1 is 1.00 bits per heavy atom. The Kier molecular flexibility index (Phi) is 7.87. The van der Waals surface area contributed by atoms with Gasteiger partial charge in [0.15, 0.2) is 5.82 Å². The first-order chi connectivity index (χ1) is 18.2. The van der Waals surface area contributed by atoms with Gasteiger partial charge in [0.25, 0.3) is 0 Å². The van der Waals surface area contributed by atoms with Gasteiger partial charge in [-0.25, -0.2) is 9.97 Å². The van der Waals surface area contributed by atoms with E-state index in [2.05, 4.69) is 48.7 Å². The smallest absolute Gasteiger partial charge is 0.230 e. The SMILES string of the molecule is N#Cc1cc(-c2ncnc(Nc3ccc(N4CCOCC4)cc3)n2)ccc1NC(=O)C1CCCCCC1. The minimum Gasteiger partial charge on any atom is -0.378 e. The van der Waals surface area contributed by atoms with Crippen molar-refractivity contribution in [2.24, 2.45) is 5.92 Å². The first-order valence-electron chi connectivity index (χ1n) is 12.9. The summed E-state index contributed by atoms with van der Waals surface area (Å²) in [5, 5.41) is 15.9. The van der Waals surface area contributed by atoms with Crippen LogP contribution in [0.1, 0.15) is 44.1 Å². The van der Waals surface area contributed by atoms with Crippen molar-refractivity contribution in [3.8, 4) is 17.5 Å². The number of aromatic nitrogens is 3. The van der Waals surface area contributed by atoms with Crippen molar-refractivity contribution in [2.75, 3.05) is 41.8 Å². The van der Waals surface area contributed by atoms with Gasteiger partial charge in [-0.15, -0.1) is 0 Å². The lowest BCUT2D eigenvalue weighted by Gasteiger charge is -2.28. The van der Waals surface area contributed by atoms with Gasteiger partial charge in [-0.2, -0.15) is 10.2 Å². The molecule has 1 saturated carbocycles. The highest BCUT2D eigenvalue weighted by molar-refractivity contribution is 5.94. The van der Waals surface area contributed by atoms with E-state index in [0.29, 0.717) is 28.6 Å². The fourth-order valence-corrected chi connectivity index (χ4v) is 4.86. The molecule has 0 atom stereocenters. The second-order valence-corrected chi connectivity index (χ2v) is 9.45. The summed E-state index contributed by atoms with van der Waals surface area (Å²) >= 11 is 0. The van der Waals surface area contributed by atoms with Crippen molar-refractivity contribution in [2.45, 2.75) is 38.5 Å². The minimum absolute atomic E-state index is 0.00237. The van der Waals surface area contributed by atoms with Crippen LogP contribution in [0.2, 0.25) is 0 Å². The zero-order valence-corrected chi connectivity index (χ0v) is 20.8. The molecular weight excluding hydrogens is 466 g/mol. The van der Waals surface area contributed by atoms with Crippen LogP contribution in [0.4, 0.5) is 23.0 Å². The molecule has 0 radical (unpaired) electrons. The number of benzene rings is 2. The third kappa shape index (κ3) is 6.22. The largest absolute Gasteiger partial charge is 0.378 e. The highest BCUT2D eigenvalue weighted by Gasteiger charge is 2.21. The van der Waals surface area contributed by atoms with Crippen LogP contribution in [0.5, 0.6) is 0 Å². The third-order valence-corrected chi connectivity index (χ3v) is 6.95. The molecule has 1 aromatic heterocycles. The topological polar surface area (TPSA) is 116 Å². The first-order valence-corrected chi connectivity index (χ1v) is 12.9. The average Bonchev–Trinajstić information content (AvgIpc) is 3.24. The number of rotatable bonds is 6. The van der Waals surface area contributed by atoms with Crippen molar-refractivity contribution in [3.05, 3.63) is 54.4 Å². The monoisotopic (exact) mass is 497 g/mol. The van der Waals surface area contributed by atoms with Gasteiger partial charge < -0.3 is 20.3 Å².